The molecule has 0 radical (unpaired) electrons. The zero-order valence-corrected chi connectivity index (χ0v) is 21.0. The number of benzene rings is 1. The van der Waals surface area contributed by atoms with Crippen LogP contribution in [0, 0.1) is 17.1 Å². The van der Waals surface area contributed by atoms with Crippen LogP contribution in [0.1, 0.15) is 29.5 Å². The minimum Gasteiger partial charge on any atom is -0.389 e. The van der Waals surface area contributed by atoms with Crippen LogP contribution in [0.4, 0.5) is 15.3 Å². The van der Waals surface area contributed by atoms with Crippen molar-refractivity contribution in [3.63, 3.8) is 0 Å². The summed E-state index contributed by atoms with van der Waals surface area (Å²) in [6.45, 7) is 3.59. The lowest BCUT2D eigenvalue weighted by Crippen LogP contribution is -2.59. The Labute approximate surface area is 215 Å². The Bertz CT molecular complexity index is 1650. The van der Waals surface area contributed by atoms with Gasteiger partial charge in [0.25, 0.3) is 0 Å². The van der Waals surface area contributed by atoms with E-state index in [-0.39, 0.29) is 20.8 Å². The predicted molar refractivity (Wildman–Crippen MR) is 138 cm³/mol. The van der Waals surface area contributed by atoms with Crippen LogP contribution in [-0.4, -0.2) is 52.1 Å². The number of thiophene rings is 1. The molecule has 3 aromatic heterocycles. The first-order valence-electron chi connectivity index (χ1n) is 11.7. The minimum absolute atomic E-state index is 0.204. The van der Waals surface area contributed by atoms with Crippen molar-refractivity contribution in [2.75, 3.05) is 37.3 Å². The Balaban J connectivity index is 1.45. The Morgan fingerprint density at radius 1 is 1.22 bits per heavy atom. The zero-order chi connectivity index (χ0) is 24.8. The molecule has 0 bridgehead atoms. The lowest BCUT2D eigenvalue weighted by Gasteiger charge is -2.48. The van der Waals surface area contributed by atoms with Gasteiger partial charge in [-0.2, -0.15) is 5.26 Å². The molecule has 1 aromatic carbocycles. The third-order valence-corrected chi connectivity index (χ3v) is 9.46. The average Bonchev–Trinajstić information content (AvgIpc) is 3.62. The fourth-order valence-corrected chi connectivity index (χ4v) is 7.15. The summed E-state index contributed by atoms with van der Waals surface area (Å²) in [5.74, 6) is 0.117. The summed E-state index contributed by atoms with van der Waals surface area (Å²) < 4.78 is 20.8. The molecule has 1 spiro atoms. The molecule has 182 valence electrons. The van der Waals surface area contributed by atoms with Crippen molar-refractivity contribution < 1.29 is 9.13 Å². The van der Waals surface area contributed by atoms with Crippen molar-refractivity contribution in [1.82, 2.24) is 19.9 Å². The molecule has 3 aliphatic heterocycles. The van der Waals surface area contributed by atoms with E-state index in [0.717, 1.165) is 60.1 Å². The molecule has 2 fully saturated rings. The summed E-state index contributed by atoms with van der Waals surface area (Å²) in [6.07, 6.45) is 5.24. The van der Waals surface area contributed by atoms with E-state index in [0.29, 0.717) is 46.3 Å². The Hall–Kier alpha value is -3.10. The largest absolute Gasteiger partial charge is 0.389 e. The lowest BCUT2D eigenvalue weighted by molar-refractivity contribution is 0.0306. The maximum absolute atomic E-state index is 14.7. The summed E-state index contributed by atoms with van der Waals surface area (Å²) in [5.41, 5.74) is 9.90. The van der Waals surface area contributed by atoms with Gasteiger partial charge >= 0.3 is 0 Å². The Morgan fingerprint density at radius 3 is 2.75 bits per heavy atom. The van der Waals surface area contributed by atoms with Gasteiger partial charge in [-0.1, -0.05) is 11.6 Å². The van der Waals surface area contributed by atoms with Gasteiger partial charge in [0.2, 0.25) is 5.95 Å². The number of nitrogen functional groups attached to an aromatic ring is 1. The molecule has 11 heteroatoms. The summed E-state index contributed by atoms with van der Waals surface area (Å²) in [7, 11) is 2.17. The molecule has 0 amide bonds. The predicted octanol–water partition coefficient (Wildman–Crippen LogP) is 4.47. The highest BCUT2D eigenvalue weighted by Gasteiger charge is 2.47. The number of hydrogen-bond acceptors (Lipinski definition) is 9. The smallest absolute Gasteiger partial charge is 0.225 e. The van der Waals surface area contributed by atoms with Gasteiger partial charge in [0.1, 0.15) is 11.1 Å². The highest BCUT2D eigenvalue weighted by Crippen LogP contribution is 2.47. The molecule has 4 aromatic rings. The number of rotatable bonds is 2. The maximum Gasteiger partial charge on any atom is 0.225 e. The van der Waals surface area contributed by atoms with Gasteiger partial charge in [-0.05, 0) is 31.0 Å². The van der Waals surface area contributed by atoms with E-state index in [1.54, 1.807) is 0 Å². The molecular weight excluding hydrogens is 501 g/mol. The van der Waals surface area contributed by atoms with E-state index >= 15 is 0 Å². The van der Waals surface area contributed by atoms with E-state index < -0.39 is 5.82 Å². The third kappa shape index (κ3) is 2.88. The van der Waals surface area contributed by atoms with Crippen LogP contribution in [0.15, 0.2) is 12.4 Å². The number of aromatic nitrogens is 3. The van der Waals surface area contributed by atoms with Crippen LogP contribution in [0.2, 0.25) is 5.02 Å². The molecular formula is C25H21ClFN7OS. The van der Waals surface area contributed by atoms with Crippen molar-refractivity contribution in [2.45, 2.75) is 31.6 Å². The SMILES string of the molecule is CN1CCC12CCN(c1ncc3c4c(c(-c5ncc(F)c6sc(N)c(C#N)c56)c(Cl)c3n1)COC4)C2. The second-order valence-electron chi connectivity index (χ2n) is 9.75. The number of anilines is 2. The summed E-state index contributed by atoms with van der Waals surface area (Å²) in [5, 5.41) is 11.6. The van der Waals surface area contributed by atoms with Crippen LogP contribution in [0.3, 0.4) is 0 Å². The van der Waals surface area contributed by atoms with Gasteiger partial charge in [0.05, 0.1) is 45.9 Å². The van der Waals surface area contributed by atoms with E-state index in [1.165, 1.54) is 6.42 Å². The van der Waals surface area contributed by atoms with E-state index in [9.17, 15) is 9.65 Å². The van der Waals surface area contributed by atoms with Crippen LogP contribution < -0.4 is 10.6 Å². The van der Waals surface area contributed by atoms with Gasteiger partial charge in [-0.3, -0.25) is 9.88 Å². The second-order valence-corrected chi connectivity index (χ2v) is 11.2. The maximum atomic E-state index is 14.7. The number of nitrogens with two attached hydrogens (primary N) is 1. The number of pyridine rings is 1. The topological polar surface area (TPSA) is 104 Å². The molecule has 0 aliphatic carbocycles. The van der Waals surface area contributed by atoms with Crippen molar-refractivity contribution in [3.05, 3.63) is 39.9 Å². The fraction of sp³-hybridized carbons (Fsp3) is 0.360. The first kappa shape index (κ1) is 22.1. The molecule has 3 aliphatic rings. The first-order chi connectivity index (χ1) is 17.4. The van der Waals surface area contributed by atoms with Gasteiger partial charge in [0.15, 0.2) is 5.82 Å². The lowest BCUT2D eigenvalue weighted by atomic mass is 9.85. The number of fused-ring (bicyclic) bond motifs is 4. The van der Waals surface area contributed by atoms with Gasteiger partial charge in [0, 0.05) is 47.7 Å². The number of halogens is 2. The molecule has 6 heterocycles. The summed E-state index contributed by atoms with van der Waals surface area (Å²) >= 11 is 8.12. The summed E-state index contributed by atoms with van der Waals surface area (Å²) in [6, 6.07) is 2.12. The number of hydrogen-bond donors (Lipinski definition) is 1. The first-order valence-corrected chi connectivity index (χ1v) is 12.9. The molecule has 2 saturated heterocycles. The van der Waals surface area contributed by atoms with Gasteiger partial charge in [-0.15, -0.1) is 11.3 Å². The second kappa shape index (κ2) is 7.70. The van der Waals surface area contributed by atoms with Crippen molar-refractivity contribution >= 4 is 54.9 Å². The molecule has 0 saturated carbocycles. The highest BCUT2D eigenvalue weighted by molar-refractivity contribution is 7.23. The normalized spacial score (nSPS) is 21.4. The number of nitrogens with zero attached hydrogens (tertiary/aromatic N) is 6. The number of ether oxygens (including phenoxy) is 1. The van der Waals surface area contributed by atoms with Crippen molar-refractivity contribution in [2.24, 2.45) is 0 Å². The van der Waals surface area contributed by atoms with Crippen molar-refractivity contribution in [3.8, 4) is 17.3 Å². The minimum atomic E-state index is -0.523. The monoisotopic (exact) mass is 521 g/mol. The zero-order valence-electron chi connectivity index (χ0n) is 19.4. The van der Waals surface area contributed by atoms with E-state index in [4.69, 9.17) is 32.0 Å². The molecule has 1 unspecified atom stereocenters. The number of likely N-dealkylation sites (tertiary alicyclic amines) is 1. The quantitative estimate of drug-likeness (QED) is 0.412. The van der Waals surface area contributed by atoms with Gasteiger partial charge in [-0.25, -0.2) is 14.4 Å². The molecule has 8 nitrogen and oxygen atoms in total. The van der Waals surface area contributed by atoms with Gasteiger partial charge < -0.3 is 15.4 Å². The van der Waals surface area contributed by atoms with Crippen LogP contribution in [-0.2, 0) is 18.0 Å². The number of nitriles is 1. The Kier molecular flexibility index (Phi) is 4.73. The van der Waals surface area contributed by atoms with Crippen LogP contribution in [0.25, 0.3) is 32.2 Å². The Morgan fingerprint density at radius 2 is 2.03 bits per heavy atom. The highest BCUT2D eigenvalue weighted by atomic mass is 35.5. The number of likely N-dealkylation sites (N-methyl/N-ethyl adjacent to an activating group) is 1. The van der Waals surface area contributed by atoms with E-state index in [1.807, 2.05) is 6.20 Å². The summed E-state index contributed by atoms with van der Waals surface area (Å²) in [4.78, 5) is 18.7. The third-order valence-electron chi connectivity index (χ3n) is 8.07. The molecule has 2 N–H and O–H groups in total. The van der Waals surface area contributed by atoms with Crippen molar-refractivity contribution in [1.29, 1.82) is 5.26 Å². The average molecular weight is 522 g/mol. The molecule has 7 rings (SSSR count). The van der Waals surface area contributed by atoms with Crippen LogP contribution in [0.5, 0.6) is 0 Å². The molecule has 1 atom stereocenters. The fourth-order valence-electron chi connectivity index (χ4n) is 5.89. The van der Waals surface area contributed by atoms with Crippen LogP contribution >= 0.6 is 22.9 Å². The standard InChI is InChI=1S/C25H21ClFN7OS/c1-33-4-2-25(33)3-5-34(11-25)24-31-7-13-14-9-35-10-15(14)17(19(26)20(13)32-24)21-18-12(6-28)23(29)36-22(18)16(27)8-30-21/h7-8H,2-5,9-11,29H2,1H3. The van der Waals surface area contributed by atoms with E-state index in [2.05, 4.69) is 27.9 Å². The molecule has 36 heavy (non-hydrogen) atoms.